The minimum absolute atomic E-state index is 0.0669. The normalized spacial score (nSPS) is 18.4. The molecular weight excluding hydrogens is 271 g/mol. The van der Waals surface area contributed by atoms with Crippen molar-refractivity contribution in [3.63, 3.8) is 0 Å². The number of hydrogen-bond donors (Lipinski definition) is 2. The van der Waals surface area contributed by atoms with Crippen LogP contribution in [0.1, 0.15) is 19.3 Å². The van der Waals surface area contributed by atoms with Gasteiger partial charge in [-0.2, -0.15) is 5.10 Å². The molecule has 1 aromatic carbocycles. The molecule has 3 rings (SSSR count). The summed E-state index contributed by atoms with van der Waals surface area (Å²) in [6.07, 6.45) is 6.13. The zero-order chi connectivity index (χ0) is 14.7. The second-order valence-electron chi connectivity index (χ2n) is 5.12. The molecule has 1 aromatic heterocycles. The molecule has 1 aliphatic heterocycles. The standard InChI is InChI=1S/C15H17FN4O/c16-12-5-1-2-7-14(12)20-10-11(9-18-20)19-15(21)13-6-3-4-8-17-13/h1-2,5,7,9-10,13,17H,3-4,6,8H2,(H,19,21). The number of rotatable bonds is 3. The lowest BCUT2D eigenvalue weighted by atomic mass is 10.0. The van der Waals surface area contributed by atoms with Crippen LogP contribution in [0.25, 0.3) is 5.69 Å². The van der Waals surface area contributed by atoms with Crippen molar-refractivity contribution in [3.05, 3.63) is 42.5 Å². The minimum Gasteiger partial charge on any atom is -0.322 e. The van der Waals surface area contributed by atoms with Crippen molar-refractivity contribution >= 4 is 11.6 Å². The Balaban J connectivity index is 1.70. The third-order valence-corrected chi connectivity index (χ3v) is 3.58. The van der Waals surface area contributed by atoms with Gasteiger partial charge in [0.15, 0.2) is 0 Å². The summed E-state index contributed by atoms with van der Waals surface area (Å²) >= 11 is 0. The van der Waals surface area contributed by atoms with E-state index in [1.807, 2.05) is 0 Å². The van der Waals surface area contributed by atoms with Gasteiger partial charge in [-0.3, -0.25) is 4.79 Å². The molecule has 0 radical (unpaired) electrons. The number of piperidine rings is 1. The van der Waals surface area contributed by atoms with Crippen molar-refractivity contribution in [1.29, 1.82) is 0 Å². The maximum absolute atomic E-state index is 13.7. The molecule has 2 aromatic rings. The third-order valence-electron chi connectivity index (χ3n) is 3.58. The van der Waals surface area contributed by atoms with Crippen molar-refractivity contribution in [2.24, 2.45) is 0 Å². The average molecular weight is 288 g/mol. The molecule has 1 unspecified atom stereocenters. The van der Waals surface area contributed by atoms with Gasteiger partial charge < -0.3 is 10.6 Å². The van der Waals surface area contributed by atoms with E-state index < -0.39 is 0 Å². The molecule has 110 valence electrons. The number of benzene rings is 1. The largest absolute Gasteiger partial charge is 0.322 e. The summed E-state index contributed by atoms with van der Waals surface area (Å²) in [5, 5.41) is 10.1. The van der Waals surface area contributed by atoms with Gasteiger partial charge in [-0.25, -0.2) is 9.07 Å². The van der Waals surface area contributed by atoms with Crippen LogP contribution in [0.3, 0.4) is 0 Å². The molecule has 1 aliphatic rings. The van der Waals surface area contributed by atoms with Crippen LogP contribution in [0.4, 0.5) is 10.1 Å². The fourth-order valence-electron chi connectivity index (χ4n) is 2.46. The van der Waals surface area contributed by atoms with Gasteiger partial charge in [0, 0.05) is 0 Å². The monoisotopic (exact) mass is 288 g/mol. The summed E-state index contributed by atoms with van der Waals surface area (Å²) in [4.78, 5) is 12.1. The lowest BCUT2D eigenvalue weighted by Crippen LogP contribution is -2.43. The second kappa shape index (κ2) is 6.05. The van der Waals surface area contributed by atoms with Crippen LogP contribution in [-0.2, 0) is 4.79 Å². The van der Waals surface area contributed by atoms with Crippen LogP contribution in [-0.4, -0.2) is 28.3 Å². The fraction of sp³-hybridized carbons (Fsp3) is 0.333. The van der Waals surface area contributed by atoms with Gasteiger partial charge in [0.1, 0.15) is 11.5 Å². The molecule has 0 saturated carbocycles. The van der Waals surface area contributed by atoms with E-state index in [1.54, 1.807) is 24.4 Å². The van der Waals surface area contributed by atoms with Gasteiger partial charge in [-0.15, -0.1) is 0 Å². The third kappa shape index (κ3) is 3.11. The second-order valence-corrected chi connectivity index (χ2v) is 5.12. The van der Waals surface area contributed by atoms with Crippen molar-refractivity contribution in [3.8, 4) is 5.69 Å². The van der Waals surface area contributed by atoms with E-state index in [4.69, 9.17) is 0 Å². The lowest BCUT2D eigenvalue weighted by Gasteiger charge is -2.22. The van der Waals surface area contributed by atoms with Crippen molar-refractivity contribution < 1.29 is 9.18 Å². The van der Waals surface area contributed by atoms with Crippen LogP contribution >= 0.6 is 0 Å². The van der Waals surface area contributed by atoms with Gasteiger partial charge in [0.05, 0.1) is 24.1 Å². The number of carbonyl (C=O) groups is 1. The Labute approximate surface area is 122 Å². The number of halogens is 1. The van der Waals surface area contributed by atoms with E-state index in [-0.39, 0.29) is 17.8 Å². The molecule has 5 nitrogen and oxygen atoms in total. The van der Waals surface area contributed by atoms with Gasteiger partial charge in [0.25, 0.3) is 0 Å². The molecule has 2 N–H and O–H groups in total. The molecule has 21 heavy (non-hydrogen) atoms. The zero-order valence-electron chi connectivity index (χ0n) is 11.6. The predicted octanol–water partition coefficient (Wildman–Crippen LogP) is 2.09. The minimum atomic E-state index is -0.354. The number of nitrogens with zero attached hydrogens (tertiary/aromatic N) is 2. The highest BCUT2D eigenvalue weighted by atomic mass is 19.1. The van der Waals surface area contributed by atoms with Gasteiger partial charge >= 0.3 is 0 Å². The van der Waals surface area contributed by atoms with Crippen molar-refractivity contribution in [1.82, 2.24) is 15.1 Å². The Kier molecular flexibility index (Phi) is 3.96. The number of nitrogens with one attached hydrogen (secondary N) is 2. The Morgan fingerprint density at radius 1 is 1.38 bits per heavy atom. The first-order valence-electron chi connectivity index (χ1n) is 7.08. The summed E-state index contributed by atoms with van der Waals surface area (Å²) in [7, 11) is 0. The van der Waals surface area contributed by atoms with Crippen LogP contribution in [0.5, 0.6) is 0 Å². The lowest BCUT2D eigenvalue weighted by molar-refractivity contribution is -0.118. The Morgan fingerprint density at radius 3 is 3.00 bits per heavy atom. The molecule has 0 bridgehead atoms. The van der Waals surface area contributed by atoms with E-state index in [2.05, 4.69) is 15.7 Å². The van der Waals surface area contributed by atoms with Crippen LogP contribution in [0.15, 0.2) is 36.7 Å². The maximum atomic E-state index is 13.7. The van der Waals surface area contributed by atoms with Crippen LogP contribution in [0.2, 0.25) is 0 Å². The number of amides is 1. The molecule has 0 spiro atoms. The van der Waals surface area contributed by atoms with E-state index in [9.17, 15) is 9.18 Å². The zero-order valence-corrected chi connectivity index (χ0v) is 11.6. The molecular formula is C15H17FN4O. The molecule has 1 saturated heterocycles. The van der Waals surface area contributed by atoms with Crippen LogP contribution < -0.4 is 10.6 Å². The summed E-state index contributed by atoms with van der Waals surface area (Å²) in [6.45, 7) is 0.868. The number of carbonyl (C=O) groups excluding carboxylic acids is 1. The first kappa shape index (κ1) is 13.8. The summed E-state index contributed by atoms with van der Waals surface area (Å²) in [5.41, 5.74) is 0.921. The molecule has 1 fully saturated rings. The first-order valence-corrected chi connectivity index (χ1v) is 7.08. The number of anilines is 1. The fourth-order valence-corrected chi connectivity index (χ4v) is 2.46. The van der Waals surface area contributed by atoms with Gasteiger partial charge in [-0.05, 0) is 31.5 Å². The molecule has 2 heterocycles. The number of hydrogen-bond acceptors (Lipinski definition) is 3. The SMILES string of the molecule is O=C(Nc1cnn(-c2ccccc2F)c1)C1CCCCN1. The highest BCUT2D eigenvalue weighted by Crippen LogP contribution is 2.16. The van der Waals surface area contributed by atoms with E-state index in [1.165, 1.54) is 16.9 Å². The van der Waals surface area contributed by atoms with Crippen LogP contribution in [0, 0.1) is 5.82 Å². The van der Waals surface area contributed by atoms with E-state index >= 15 is 0 Å². The molecule has 1 amide bonds. The Hall–Kier alpha value is -2.21. The van der Waals surface area contributed by atoms with Gasteiger partial charge in [0.2, 0.25) is 5.91 Å². The predicted molar refractivity (Wildman–Crippen MR) is 77.8 cm³/mol. The van der Waals surface area contributed by atoms with Crippen molar-refractivity contribution in [2.45, 2.75) is 25.3 Å². The number of aromatic nitrogens is 2. The molecule has 1 atom stereocenters. The summed E-state index contributed by atoms with van der Waals surface area (Å²) in [6, 6.07) is 6.22. The first-order chi connectivity index (χ1) is 10.2. The average Bonchev–Trinajstić information content (AvgIpc) is 2.97. The molecule has 6 heteroatoms. The smallest absolute Gasteiger partial charge is 0.241 e. The van der Waals surface area contributed by atoms with Crippen molar-refractivity contribution in [2.75, 3.05) is 11.9 Å². The highest BCUT2D eigenvalue weighted by molar-refractivity contribution is 5.94. The Morgan fingerprint density at radius 2 is 2.24 bits per heavy atom. The topological polar surface area (TPSA) is 59.0 Å². The maximum Gasteiger partial charge on any atom is 0.241 e. The number of para-hydroxylation sites is 1. The molecule has 0 aliphatic carbocycles. The summed E-state index contributed by atoms with van der Waals surface area (Å²) < 4.78 is 15.1. The highest BCUT2D eigenvalue weighted by Gasteiger charge is 2.20. The van der Waals surface area contributed by atoms with E-state index in [0.29, 0.717) is 11.4 Å². The van der Waals surface area contributed by atoms with E-state index in [0.717, 1.165) is 25.8 Å². The quantitative estimate of drug-likeness (QED) is 0.909. The summed E-state index contributed by atoms with van der Waals surface area (Å²) in [5.74, 6) is -0.421. The Bertz CT molecular complexity index is 634. The van der Waals surface area contributed by atoms with Gasteiger partial charge in [-0.1, -0.05) is 18.6 Å².